The second kappa shape index (κ2) is 8.05. The topological polar surface area (TPSA) is 32.3 Å². The van der Waals surface area contributed by atoms with Gasteiger partial charge in [0.05, 0.1) is 5.75 Å². The molecular formula is C14H28N2OS. The molecule has 0 saturated carbocycles. The summed E-state index contributed by atoms with van der Waals surface area (Å²) in [7, 11) is 0. The predicted molar refractivity (Wildman–Crippen MR) is 80.1 cm³/mol. The molecule has 0 aliphatic carbocycles. The molecule has 0 aromatic rings. The zero-order valence-electron chi connectivity index (χ0n) is 12.1. The molecule has 0 aromatic carbocycles. The first-order chi connectivity index (χ1) is 8.47. The summed E-state index contributed by atoms with van der Waals surface area (Å²) in [5.41, 5.74) is -0.109. The maximum absolute atomic E-state index is 11.6. The van der Waals surface area contributed by atoms with Crippen molar-refractivity contribution in [1.82, 2.24) is 10.2 Å². The monoisotopic (exact) mass is 272 g/mol. The third-order valence-electron chi connectivity index (χ3n) is 3.00. The summed E-state index contributed by atoms with van der Waals surface area (Å²) in [5, 5.41) is 2.99. The van der Waals surface area contributed by atoms with Crippen molar-refractivity contribution in [1.29, 1.82) is 0 Å². The molecule has 1 amide bonds. The highest BCUT2D eigenvalue weighted by Crippen LogP contribution is 2.11. The van der Waals surface area contributed by atoms with Crippen LogP contribution in [0, 0.1) is 0 Å². The summed E-state index contributed by atoms with van der Waals surface area (Å²) in [5.74, 6) is 1.81. The van der Waals surface area contributed by atoms with Crippen molar-refractivity contribution in [2.24, 2.45) is 0 Å². The molecular weight excluding hydrogens is 244 g/mol. The third-order valence-corrected chi connectivity index (χ3v) is 3.94. The summed E-state index contributed by atoms with van der Waals surface area (Å²) in [6.45, 7) is 9.68. The van der Waals surface area contributed by atoms with E-state index in [9.17, 15) is 4.79 Å². The van der Waals surface area contributed by atoms with E-state index in [1.54, 1.807) is 11.8 Å². The molecule has 1 aliphatic heterocycles. The number of hydrogen-bond acceptors (Lipinski definition) is 3. The zero-order valence-corrected chi connectivity index (χ0v) is 12.9. The van der Waals surface area contributed by atoms with E-state index in [-0.39, 0.29) is 11.4 Å². The Hall–Kier alpha value is -0.220. The van der Waals surface area contributed by atoms with Crippen molar-refractivity contribution in [3.8, 4) is 0 Å². The van der Waals surface area contributed by atoms with Gasteiger partial charge >= 0.3 is 0 Å². The van der Waals surface area contributed by atoms with Crippen LogP contribution in [0.4, 0.5) is 0 Å². The second-order valence-corrected chi connectivity index (χ2v) is 7.21. The highest BCUT2D eigenvalue weighted by molar-refractivity contribution is 7.99. The molecule has 1 heterocycles. The highest BCUT2D eigenvalue weighted by atomic mass is 32.2. The van der Waals surface area contributed by atoms with Crippen molar-refractivity contribution >= 4 is 17.7 Å². The van der Waals surface area contributed by atoms with E-state index in [4.69, 9.17) is 0 Å². The van der Waals surface area contributed by atoms with Crippen LogP contribution in [0.3, 0.4) is 0 Å². The van der Waals surface area contributed by atoms with Crippen molar-refractivity contribution in [2.75, 3.05) is 31.1 Å². The molecule has 0 bridgehead atoms. The van der Waals surface area contributed by atoms with Gasteiger partial charge in [0.15, 0.2) is 0 Å². The fraction of sp³-hybridized carbons (Fsp3) is 0.929. The van der Waals surface area contributed by atoms with Gasteiger partial charge in [0.2, 0.25) is 5.91 Å². The molecule has 0 atom stereocenters. The van der Waals surface area contributed by atoms with Crippen molar-refractivity contribution < 1.29 is 4.79 Å². The Morgan fingerprint density at radius 2 is 1.78 bits per heavy atom. The Balaban J connectivity index is 2.05. The fourth-order valence-electron chi connectivity index (χ4n) is 2.17. The summed E-state index contributed by atoms with van der Waals surface area (Å²) in [4.78, 5) is 14.2. The lowest BCUT2D eigenvalue weighted by molar-refractivity contribution is -0.119. The van der Waals surface area contributed by atoms with Crippen molar-refractivity contribution in [3.05, 3.63) is 0 Å². The lowest BCUT2D eigenvalue weighted by Gasteiger charge is -2.21. The normalized spacial score (nSPS) is 18.4. The van der Waals surface area contributed by atoms with Gasteiger partial charge in [-0.25, -0.2) is 0 Å². The summed E-state index contributed by atoms with van der Waals surface area (Å²) >= 11 is 1.75. The molecule has 1 N–H and O–H groups in total. The molecule has 106 valence electrons. The standard InChI is InChI=1S/C14H28N2OS/c1-14(2,3)15-13(17)12-18-11-10-16-8-6-4-5-7-9-16/h4-12H2,1-3H3,(H,15,17). The summed E-state index contributed by atoms with van der Waals surface area (Å²) in [6.07, 6.45) is 5.46. The van der Waals surface area contributed by atoms with Gasteiger partial charge in [-0.05, 0) is 46.7 Å². The molecule has 1 fully saturated rings. The van der Waals surface area contributed by atoms with Gasteiger partial charge in [0.1, 0.15) is 0 Å². The SMILES string of the molecule is CC(C)(C)NC(=O)CSCCN1CCCCCC1. The average Bonchev–Trinajstić information content (AvgIpc) is 2.50. The van der Waals surface area contributed by atoms with Gasteiger partial charge < -0.3 is 10.2 Å². The first-order valence-corrected chi connectivity index (χ1v) is 8.24. The van der Waals surface area contributed by atoms with E-state index in [1.165, 1.54) is 38.8 Å². The van der Waals surface area contributed by atoms with Crippen LogP contribution in [0.15, 0.2) is 0 Å². The van der Waals surface area contributed by atoms with Crippen LogP contribution in [0.2, 0.25) is 0 Å². The molecule has 0 spiro atoms. The first kappa shape index (κ1) is 15.8. The zero-order chi connectivity index (χ0) is 13.4. The minimum atomic E-state index is -0.109. The van der Waals surface area contributed by atoms with E-state index in [0.717, 1.165) is 12.3 Å². The molecule has 3 nitrogen and oxygen atoms in total. The molecule has 0 unspecified atom stereocenters. The van der Waals surface area contributed by atoms with Crippen LogP contribution < -0.4 is 5.32 Å². The molecule has 1 rings (SSSR count). The van der Waals surface area contributed by atoms with Crippen molar-refractivity contribution in [3.63, 3.8) is 0 Å². The lowest BCUT2D eigenvalue weighted by Crippen LogP contribution is -2.41. The minimum Gasteiger partial charge on any atom is -0.351 e. The number of thioether (sulfide) groups is 1. The molecule has 1 aliphatic rings. The number of nitrogens with zero attached hydrogens (tertiary/aromatic N) is 1. The van der Waals surface area contributed by atoms with Crippen LogP contribution >= 0.6 is 11.8 Å². The van der Waals surface area contributed by atoms with E-state index in [2.05, 4.69) is 10.2 Å². The van der Waals surface area contributed by atoms with Gasteiger partial charge in [-0.1, -0.05) is 12.8 Å². The van der Waals surface area contributed by atoms with E-state index < -0.39 is 0 Å². The average molecular weight is 272 g/mol. The number of nitrogens with one attached hydrogen (secondary N) is 1. The molecule has 0 radical (unpaired) electrons. The Morgan fingerprint density at radius 3 is 2.33 bits per heavy atom. The Labute approximate surface area is 116 Å². The number of rotatable bonds is 5. The number of likely N-dealkylation sites (tertiary alicyclic amines) is 1. The first-order valence-electron chi connectivity index (χ1n) is 7.08. The smallest absolute Gasteiger partial charge is 0.230 e. The van der Waals surface area contributed by atoms with Crippen molar-refractivity contribution in [2.45, 2.75) is 52.0 Å². The number of carbonyl (C=O) groups is 1. The van der Waals surface area contributed by atoms with Crippen LogP contribution in [-0.4, -0.2) is 47.5 Å². The van der Waals surface area contributed by atoms with E-state index in [1.807, 2.05) is 20.8 Å². The quantitative estimate of drug-likeness (QED) is 0.781. The van der Waals surface area contributed by atoms with Gasteiger partial charge in [-0.2, -0.15) is 11.8 Å². The highest BCUT2D eigenvalue weighted by Gasteiger charge is 2.13. The van der Waals surface area contributed by atoms with E-state index >= 15 is 0 Å². The molecule has 4 heteroatoms. The second-order valence-electron chi connectivity index (χ2n) is 6.11. The van der Waals surface area contributed by atoms with Crippen LogP contribution in [0.5, 0.6) is 0 Å². The maximum Gasteiger partial charge on any atom is 0.230 e. The van der Waals surface area contributed by atoms with Crippen LogP contribution in [0.1, 0.15) is 46.5 Å². The lowest BCUT2D eigenvalue weighted by atomic mass is 10.1. The van der Waals surface area contributed by atoms with Crippen LogP contribution in [-0.2, 0) is 4.79 Å². The fourth-order valence-corrected chi connectivity index (χ4v) is 2.96. The number of carbonyl (C=O) groups excluding carboxylic acids is 1. The molecule has 18 heavy (non-hydrogen) atoms. The minimum absolute atomic E-state index is 0.109. The largest absolute Gasteiger partial charge is 0.351 e. The summed E-state index contributed by atoms with van der Waals surface area (Å²) < 4.78 is 0. The third kappa shape index (κ3) is 7.98. The maximum atomic E-state index is 11.6. The summed E-state index contributed by atoms with van der Waals surface area (Å²) in [6, 6.07) is 0. The number of hydrogen-bond donors (Lipinski definition) is 1. The van der Waals surface area contributed by atoms with Gasteiger partial charge in [-0.3, -0.25) is 4.79 Å². The molecule has 0 aromatic heterocycles. The van der Waals surface area contributed by atoms with Gasteiger partial charge in [0.25, 0.3) is 0 Å². The Bertz CT molecular complexity index is 243. The van der Waals surface area contributed by atoms with Gasteiger partial charge in [0, 0.05) is 17.8 Å². The van der Waals surface area contributed by atoms with Gasteiger partial charge in [-0.15, -0.1) is 0 Å². The van der Waals surface area contributed by atoms with E-state index in [0.29, 0.717) is 5.75 Å². The number of amides is 1. The Morgan fingerprint density at radius 1 is 1.17 bits per heavy atom. The molecule has 1 saturated heterocycles. The predicted octanol–water partition coefficient (Wildman–Crippen LogP) is 2.51. The Kier molecular flexibility index (Phi) is 7.08. The van der Waals surface area contributed by atoms with Crippen LogP contribution in [0.25, 0.3) is 0 Å².